The summed E-state index contributed by atoms with van der Waals surface area (Å²) in [5.41, 5.74) is 1.08. The number of nitro benzene ring substituents is 1. The van der Waals surface area contributed by atoms with Gasteiger partial charge in [-0.05, 0) is 37.7 Å². The van der Waals surface area contributed by atoms with Gasteiger partial charge in [0.15, 0.2) is 0 Å². The van der Waals surface area contributed by atoms with Crippen molar-refractivity contribution in [3.05, 3.63) is 62.1 Å². The van der Waals surface area contributed by atoms with Crippen molar-refractivity contribution < 1.29 is 14.5 Å². The quantitative estimate of drug-likeness (QED) is 0.539. The average molecular weight is 412 g/mol. The normalized spacial score (nSPS) is 11.9. The highest BCUT2D eigenvalue weighted by molar-refractivity contribution is 6.35. The monoisotopic (exact) mass is 411 g/mol. The molecule has 2 aromatic carbocycles. The Balaban J connectivity index is 2.09. The molecule has 9 heteroatoms. The number of carbonyl (C=O) groups excluding carboxylic acids is 1. The molecule has 0 spiro atoms. The van der Waals surface area contributed by atoms with Crippen molar-refractivity contribution in [1.82, 2.24) is 4.90 Å². The third kappa shape index (κ3) is 5.32. The molecule has 27 heavy (non-hydrogen) atoms. The minimum absolute atomic E-state index is 0.118. The van der Waals surface area contributed by atoms with E-state index in [4.69, 9.17) is 27.9 Å². The third-order valence-corrected chi connectivity index (χ3v) is 4.72. The van der Waals surface area contributed by atoms with Crippen molar-refractivity contribution in [3.63, 3.8) is 0 Å². The lowest BCUT2D eigenvalue weighted by molar-refractivity contribution is -0.384. The molecule has 0 bridgehead atoms. The molecule has 1 amide bonds. The number of nitrogens with one attached hydrogen (secondary N) is 1. The maximum absolute atomic E-state index is 12.6. The molecule has 0 saturated carbocycles. The fraction of sp³-hybridized carbons (Fsp3) is 0.278. The van der Waals surface area contributed by atoms with Gasteiger partial charge in [0.05, 0.1) is 29.8 Å². The van der Waals surface area contributed by atoms with Crippen LogP contribution in [0.4, 0.5) is 11.4 Å². The SMILES string of the molecule is COc1cc([N+](=O)[O-])ccc1NC(=O)[C@H](C)N(C)Cc1ccc(Cl)cc1Cl. The highest BCUT2D eigenvalue weighted by Crippen LogP contribution is 2.29. The van der Waals surface area contributed by atoms with E-state index in [-0.39, 0.29) is 17.3 Å². The van der Waals surface area contributed by atoms with Crippen molar-refractivity contribution >= 4 is 40.5 Å². The number of hydrogen-bond donors (Lipinski definition) is 1. The van der Waals surface area contributed by atoms with Crippen LogP contribution in [0.1, 0.15) is 12.5 Å². The number of nitrogens with zero attached hydrogens (tertiary/aromatic N) is 2. The Morgan fingerprint density at radius 2 is 2.00 bits per heavy atom. The van der Waals surface area contributed by atoms with Crippen molar-refractivity contribution in [2.75, 3.05) is 19.5 Å². The van der Waals surface area contributed by atoms with Crippen LogP contribution in [-0.4, -0.2) is 35.9 Å². The summed E-state index contributed by atoms with van der Waals surface area (Å²) in [6, 6.07) is 8.72. The lowest BCUT2D eigenvalue weighted by Crippen LogP contribution is -2.39. The predicted molar refractivity (Wildman–Crippen MR) is 106 cm³/mol. The first-order chi connectivity index (χ1) is 12.7. The first-order valence-corrected chi connectivity index (χ1v) is 8.76. The Kier molecular flexibility index (Phi) is 7.01. The summed E-state index contributed by atoms with van der Waals surface area (Å²) in [5.74, 6) is -0.0668. The lowest BCUT2D eigenvalue weighted by atomic mass is 10.1. The topological polar surface area (TPSA) is 84.7 Å². The van der Waals surface area contributed by atoms with Crippen LogP contribution in [0.2, 0.25) is 10.0 Å². The maximum atomic E-state index is 12.6. The van der Waals surface area contributed by atoms with E-state index < -0.39 is 11.0 Å². The highest BCUT2D eigenvalue weighted by Gasteiger charge is 2.21. The van der Waals surface area contributed by atoms with E-state index in [1.54, 1.807) is 26.1 Å². The molecule has 0 saturated heterocycles. The molecule has 144 valence electrons. The Labute approximate surface area is 167 Å². The second-order valence-corrected chi connectivity index (χ2v) is 6.80. The number of halogens is 2. The number of benzene rings is 2. The minimum atomic E-state index is -0.527. The smallest absolute Gasteiger partial charge is 0.273 e. The Morgan fingerprint density at radius 1 is 1.30 bits per heavy atom. The van der Waals surface area contributed by atoms with Crippen LogP contribution in [0, 0.1) is 10.1 Å². The highest BCUT2D eigenvalue weighted by atomic mass is 35.5. The molecule has 0 fully saturated rings. The van der Waals surface area contributed by atoms with Gasteiger partial charge in [-0.25, -0.2) is 0 Å². The van der Waals surface area contributed by atoms with Crippen molar-refractivity contribution in [1.29, 1.82) is 0 Å². The number of non-ortho nitro benzene ring substituents is 1. The summed E-state index contributed by atoms with van der Waals surface area (Å²) < 4.78 is 5.14. The number of methoxy groups -OCH3 is 1. The molecule has 0 aromatic heterocycles. The number of likely N-dealkylation sites (N-methyl/N-ethyl adjacent to an activating group) is 1. The molecule has 1 N–H and O–H groups in total. The Bertz CT molecular complexity index is 860. The minimum Gasteiger partial charge on any atom is -0.494 e. The van der Waals surface area contributed by atoms with Crippen molar-refractivity contribution in [3.8, 4) is 5.75 Å². The summed E-state index contributed by atoms with van der Waals surface area (Å²) >= 11 is 12.1. The zero-order chi connectivity index (χ0) is 20.1. The lowest BCUT2D eigenvalue weighted by Gasteiger charge is -2.24. The summed E-state index contributed by atoms with van der Waals surface area (Å²) in [4.78, 5) is 24.7. The average Bonchev–Trinajstić information content (AvgIpc) is 2.63. The van der Waals surface area contributed by atoms with Crippen molar-refractivity contribution in [2.45, 2.75) is 19.5 Å². The van der Waals surface area contributed by atoms with E-state index >= 15 is 0 Å². The zero-order valence-electron chi connectivity index (χ0n) is 15.0. The van der Waals surface area contributed by atoms with Crippen LogP contribution >= 0.6 is 23.2 Å². The van der Waals surface area contributed by atoms with Gasteiger partial charge in [-0.3, -0.25) is 19.8 Å². The number of amides is 1. The Morgan fingerprint density at radius 3 is 2.59 bits per heavy atom. The first kappa shape index (κ1) is 21.0. The number of nitro groups is 1. The van der Waals surface area contributed by atoms with Gasteiger partial charge < -0.3 is 10.1 Å². The number of carbonyl (C=O) groups is 1. The summed E-state index contributed by atoms with van der Waals surface area (Å²) in [6.45, 7) is 2.19. The molecule has 0 unspecified atom stereocenters. The second-order valence-electron chi connectivity index (χ2n) is 5.96. The molecule has 1 atom stereocenters. The number of rotatable bonds is 7. The van der Waals surface area contributed by atoms with Gasteiger partial charge in [0.1, 0.15) is 5.75 Å². The molecule has 0 aliphatic heterocycles. The van der Waals surface area contributed by atoms with Crippen LogP contribution in [0.3, 0.4) is 0 Å². The van der Waals surface area contributed by atoms with Crippen molar-refractivity contribution in [2.24, 2.45) is 0 Å². The zero-order valence-corrected chi connectivity index (χ0v) is 16.5. The van der Waals surface area contributed by atoms with Crippen LogP contribution in [0.15, 0.2) is 36.4 Å². The number of hydrogen-bond acceptors (Lipinski definition) is 5. The van der Waals surface area contributed by atoms with E-state index in [1.807, 2.05) is 11.0 Å². The van der Waals surface area contributed by atoms with Gasteiger partial charge in [-0.1, -0.05) is 29.3 Å². The van der Waals surface area contributed by atoms with E-state index in [1.165, 1.54) is 25.3 Å². The van der Waals surface area contributed by atoms with E-state index in [2.05, 4.69) is 5.32 Å². The first-order valence-electron chi connectivity index (χ1n) is 8.00. The fourth-order valence-corrected chi connectivity index (χ4v) is 2.86. The largest absolute Gasteiger partial charge is 0.494 e. The molecule has 0 radical (unpaired) electrons. The predicted octanol–water partition coefficient (Wildman–Crippen LogP) is 4.37. The van der Waals surface area contributed by atoms with E-state index in [0.29, 0.717) is 22.3 Å². The van der Waals surface area contributed by atoms with E-state index in [9.17, 15) is 14.9 Å². The van der Waals surface area contributed by atoms with Gasteiger partial charge in [0.25, 0.3) is 5.69 Å². The van der Waals surface area contributed by atoms with Crippen LogP contribution in [0.5, 0.6) is 5.75 Å². The Hall–Kier alpha value is -2.35. The molecule has 0 heterocycles. The fourth-order valence-electron chi connectivity index (χ4n) is 2.39. The van der Waals surface area contributed by atoms with Gasteiger partial charge in [0, 0.05) is 22.7 Å². The third-order valence-electron chi connectivity index (χ3n) is 4.13. The number of anilines is 1. The summed E-state index contributed by atoms with van der Waals surface area (Å²) in [5, 5.41) is 14.7. The molecular weight excluding hydrogens is 393 g/mol. The van der Waals surface area contributed by atoms with Gasteiger partial charge in [0.2, 0.25) is 5.91 Å². The molecule has 2 rings (SSSR count). The molecule has 0 aliphatic carbocycles. The standard InChI is InChI=1S/C18H19Cl2N3O4/c1-11(22(2)10-12-4-5-13(19)8-15(12)20)18(24)21-16-7-6-14(23(25)26)9-17(16)27-3/h4-9,11H,10H2,1-3H3,(H,21,24)/t11-/m0/s1. The van der Waals surface area contributed by atoms with Gasteiger partial charge in [-0.15, -0.1) is 0 Å². The van der Waals surface area contributed by atoms with Crippen LogP contribution in [-0.2, 0) is 11.3 Å². The summed E-state index contributed by atoms with van der Waals surface area (Å²) in [7, 11) is 3.18. The number of ether oxygens (including phenoxy) is 1. The van der Waals surface area contributed by atoms with Gasteiger partial charge >= 0.3 is 0 Å². The summed E-state index contributed by atoms with van der Waals surface area (Å²) in [6.07, 6.45) is 0. The maximum Gasteiger partial charge on any atom is 0.273 e. The molecule has 0 aliphatic rings. The van der Waals surface area contributed by atoms with Gasteiger partial charge in [-0.2, -0.15) is 0 Å². The molecular formula is C18H19Cl2N3O4. The van der Waals surface area contributed by atoms with Crippen LogP contribution in [0.25, 0.3) is 0 Å². The molecule has 7 nitrogen and oxygen atoms in total. The van der Waals surface area contributed by atoms with Crippen LogP contribution < -0.4 is 10.1 Å². The second kappa shape index (κ2) is 9.03. The van der Waals surface area contributed by atoms with E-state index in [0.717, 1.165) is 5.56 Å². The molecule has 2 aromatic rings.